The van der Waals surface area contributed by atoms with E-state index in [1.165, 1.54) is 5.56 Å². The van der Waals surface area contributed by atoms with Crippen molar-refractivity contribution in [1.29, 1.82) is 0 Å². The summed E-state index contributed by atoms with van der Waals surface area (Å²) >= 11 is 0. The maximum absolute atomic E-state index is 9.89. The van der Waals surface area contributed by atoms with E-state index in [0.29, 0.717) is 12.3 Å². The van der Waals surface area contributed by atoms with Crippen molar-refractivity contribution >= 4 is 0 Å². The second-order valence-electron chi connectivity index (χ2n) is 5.44. The average molecular weight is 292 g/mol. The molecule has 1 N–H and O–H groups in total. The van der Waals surface area contributed by atoms with Crippen LogP contribution in [0.4, 0.5) is 0 Å². The van der Waals surface area contributed by atoms with Crippen LogP contribution in [0.3, 0.4) is 0 Å². The van der Waals surface area contributed by atoms with Crippen LogP contribution in [0.25, 0.3) is 0 Å². The van der Waals surface area contributed by atoms with Gasteiger partial charge in [-0.15, -0.1) is 0 Å². The van der Waals surface area contributed by atoms with E-state index in [0.717, 1.165) is 30.7 Å². The molecular formula is C19H20N2O. The fourth-order valence-electron chi connectivity index (χ4n) is 2.64. The highest BCUT2D eigenvalue weighted by Gasteiger charge is 2.06. The smallest absolute Gasteiger partial charge is 0.120 e. The first-order valence-electron chi connectivity index (χ1n) is 7.64. The van der Waals surface area contributed by atoms with Crippen LogP contribution in [0, 0.1) is 0 Å². The third-order valence-corrected chi connectivity index (χ3v) is 3.84. The van der Waals surface area contributed by atoms with Gasteiger partial charge in [-0.25, -0.2) is 4.98 Å². The normalized spacial score (nSPS) is 10.7. The van der Waals surface area contributed by atoms with Gasteiger partial charge in [-0.1, -0.05) is 48.5 Å². The van der Waals surface area contributed by atoms with Gasteiger partial charge in [0.05, 0.1) is 6.54 Å². The van der Waals surface area contributed by atoms with Gasteiger partial charge in [-0.05, 0) is 24.5 Å². The van der Waals surface area contributed by atoms with Crippen LogP contribution in [-0.4, -0.2) is 14.7 Å². The molecular weight excluding hydrogens is 272 g/mol. The van der Waals surface area contributed by atoms with Crippen LogP contribution in [0.15, 0.2) is 67.0 Å². The maximum Gasteiger partial charge on any atom is 0.120 e. The Labute approximate surface area is 130 Å². The lowest BCUT2D eigenvalue weighted by atomic mass is 10.1. The second-order valence-corrected chi connectivity index (χ2v) is 5.44. The van der Waals surface area contributed by atoms with E-state index in [4.69, 9.17) is 0 Å². The van der Waals surface area contributed by atoms with Crippen LogP contribution >= 0.6 is 0 Å². The van der Waals surface area contributed by atoms with Gasteiger partial charge in [0, 0.05) is 24.4 Å². The molecule has 0 saturated carbocycles. The molecule has 0 atom stereocenters. The number of benzene rings is 2. The highest BCUT2D eigenvalue weighted by molar-refractivity contribution is 5.32. The molecule has 3 rings (SSSR count). The molecule has 1 heterocycles. The van der Waals surface area contributed by atoms with Crippen molar-refractivity contribution in [2.24, 2.45) is 0 Å². The first-order valence-corrected chi connectivity index (χ1v) is 7.64. The van der Waals surface area contributed by atoms with Crippen LogP contribution in [-0.2, 0) is 19.4 Å². The van der Waals surface area contributed by atoms with Gasteiger partial charge in [-0.2, -0.15) is 0 Å². The van der Waals surface area contributed by atoms with Gasteiger partial charge in [0.1, 0.15) is 11.6 Å². The molecule has 0 aliphatic carbocycles. The lowest BCUT2D eigenvalue weighted by Gasteiger charge is -2.09. The minimum Gasteiger partial charge on any atom is -0.508 e. The first-order chi connectivity index (χ1) is 10.8. The molecule has 3 nitrogen and oxygen atoms in total. The second kappa shape index (κ2) is 6.94. The Balaban J connectivity index is 1.61. The third-order valence-electron chi connectivity index (χ3n) is 3.84. The van der Waals surface area contributed by atoms with Gasteiger partial charge in [0.25, 0.3) is 0 Å². The van der Waals surface area contributed by atoms with E-state index in [-0.39, 0.29) is 0 Å². The number of hydrogen-bond donors (Lipinski definition) is 1. The average Bonchev–Trinajstić information content (AvgIpc) is 2.98. The summed E-state index contributed by atoms with van der Waals surface area (Å²) in [6.07, 6.45) is 6.88. The van der Waals surface area contributed by atoms with Crippen molar-refractivity contribution in [2.45, 2.75) is 25.8 Å². The summed E-state index contributed by atoms with van der Waals surface area (Å²) in [5, 5.41) is 9.89. The highest BCUT2D eigenvalue weighted by Crippen LogP contribution is 2.18. The van der Waals surface area contributed by atoms with Crippen LogP contribution < -0.4 is 0 Å². The Morgan fingerprint density at radius 3 is 2.50 bits per heavy atom. The van der Waals surface area contributed by atoms with E-state index in [1.807, 2.05) is 36.7 Å². The zero-order valence-electron chi connectivity index (χ0n) is 12.5. The van der Waals surface area contributed by atoms with Crippen molar-refractivity contribution in [3.8, 4) is 5.75 Å². The number of imidazole rings is 1. The topological polar surface area (TPSA) is 38.0 Å². The summed E-state index contributed by atoms with van der Waals surface area (Å²) < 4.78 is 2.11. The number of aromatic hydroxyl groups is 1. The largest absolute Gasteiger partial charge is 0.508 e. The van der Waals surface area contributed by atoms with Crippen LogP contribution in [0.1, 0.15) is 23.4 Å². The summed E-state index contributed by atoms with van der Waals surface area (Å²) in [5.74, 6) is 1.41. The zero-order chi connectivity index (χ0) is 15.2. The Morgan fingerprint density at radius 1 is 0.909 bits per heavy atom. The summed E-state index contributed by atoms with van der Waals surface area (Å²) in [7, 11) is 0. The summed E-state index contributed by atoms with van der Waals surface area (Å²) in [6, 6.07) is 18.0. The molecule has 22 heavy (non-hydrogen) atoms. The summed E-state index contributed by atoms with van der Waals surface area (Å²) in [4.78, 5) is 4.45. The Bertz CT molecular complexity index is 719. The standard InChI is InChI=1S/C19H20N2O/c22-18-11-5-4-10-17(18)15-21-14-13-20-19(21)12-6-9-16-7-2-1-3-8-16/h1-5,7-8,10-11,13-14,22H,6,9,12,15H2. The highest BCUT2D eigenvalue weighted by atomic mass is 16.3. The molecule has 0 aliphatic rings. The Hall–Kier alpha value is -2.55. The van der Waals surface area contributed by atoms with Gasteiger partial charge >= 0.3 is 0 Å². The fraction of sp³-hybridized carbons (Fsp3) is 0.211. The van der Waals surface area contributed by atoms with Crippen LogP contribution in [0.2, 0.25) is 0 Å². The molecule has 0 bridgehead atoms. The number of rotatable bonds is 6. The van der Waals surface area contributed by atoms with E-state index in [2.05, 4.69) is 33.8 Å². The number of nitrogens with zero attached hydrogens (tertiary/aromatic N) is 2. The number of phenolic OH excluding ortho intramolecular Hbond substituents is 1. The van der Waals surface area contributed by atoms with Gasteiger partial charge in [0.15, 0.2) is 0 Å². The molecule has 0 unspecified atom stereocenters. The minimum atomic E-state index is 0.339. The van der Waals surface area contributed by atoms with E-state index in [9.17, 15) is 5.11 Å². The van der Waals surface area contributed by atoms with Crippen molar-refractivity contribution in [3.63, 3.8) is 0 Å². The van der Waals surface area contributed by atoms with Gasteiger partial charge in [0.2, 0.25) is 0 Å². The molecule has 0 amide bonds. The van der Waals surface area contributed by atoms with Crippen molar-refractivity contribution in [2.75, 3.05) is 0 Å². The SMILES string of the molecule is Oc1ccccc1Cn1ccnc1CCCc1ccccc1. The fourth-order valence-corrected chi connectivity index (χ4v) is 2.64. The maximum atomic E-state index is 9.89. The molecule has 0 saturated heterocycles. The van der Waals surface area contributed by atoms with E-state index >= 15 is 0 Å². The van der Waals surface area contributed by atoms with Crippen LogP contribution in [0.5, 0.6) is 5.75 Å². The molecule has 3 heteroatoms. The van der Waals surface area contributed by atoms with Crippen molar-refractivity contribution < 1.29 is 5.11 Å². The number of aryl methyl sites for hydroxylation is 2. The van der Waals surface area contributed by atoms with Crippen molar-refractivity contribution in [1.82, 2.24) is 9.55 Å². The lowest BCUT2D eigenvalue weighted by molar-refractivity contribution is 0.465. The molecule has 112 valence electrons. The van der Waals surface area contributed by atoms with Gasteiger partial charge < -0.3 is 9.67 Å². The molecule has 2 aromatic carbocycles. The Morgan fingerprint density at radius 2 is 1.68 bits per heavy atom. The Kier molecular flexibility index (Phi) is 4.54. The van der Waals surface area contributed by atoms with Gasteiger partial charge in [-0.3, -0.25) is 0 Å². The number of para-hydroxylation sites is 1. The molecule has 3 aromatic rings. The first kappa shape index (κ1) is 14.4. The third kappa shape index (κ3) is 3.55. The molecule has 0 fully saturated rings. The quantitative estimate of drug-likeness (QED) is 0.750. The summed E-state index contributed by atoms with van der Waals surface area (Å²) in [6.45, 7) is 0.660. The van der Waals surface area contributed by atoms with Crippen molar-refractivity contribution in [3.05, 3.63) is 83.9 Å². The lowest BCUT2D eigenvalue weighted by Crippen LogP contribution is -2.05. The number of phenols is 1. The molecule has 1 aromatic heterocycles. The van der Waals surface area contributed by atoms with E-state index in [1.54, 1.807) is 6.07 Å². The molecule has 0 spiro atoms. The van der Waals surface area contributed by atoms with E-state index < -0.39 is 0 Å². The number of aromatic nitrogens is 2. The minimum absolute atomic E-state index is 0.339. The summed E-state index contributed by atoms with van der Waals surface area (Å²) in [5.41, 5.74) is 2.28. The monoisotopic (exact) mass is 292 g/mol. The molecule has 0 aliphatic heterocycles. The predicted molar refractivity (Wildman–Crippen MR) is 87.9 cm³/mol. The molecule has 0 radical (unpaired) electrons. The number of hydrogen-bond acceptors (Lipinski definition) is 2. The predicted octanol–water partition coefficient (Wildman–Crippen LogP) is 3.81. The zero-order valence-corrected chi connectivity index (χ0v) is 12.5.